The van der Waals surface area contributed by atoms with Gasteiger partial charge in [-0.3, -0.25) is 9.59 Å². The molecular weight excluding hydrogens is 501 g/mol. The first-order valence-electron chi connectivity index (χ1n) is 8.09. The molecule has 0 heterocycles. The molecule has 2 aromatic carbocycles. The normalized spacial score (nSPS) is 10.7. The zero-order valence-corrected chi connectivity index (χ0v) is 18.6. The average Bonchev–Trinajstić information content (AvgIpc) is 2.56. The molecule has 1 amide bonds. The summed E-state index contributed by atoms with van der Waals surface area (Å²) >= 11 is 13.2. The van der Waals surface area contributed by atoms with Gasteiger partial charge in [0.15, 0.2) is 0 Å². The van der Waals surface area contributed by atoms with Gasteiger partial charge in [0, 0.05) is 11.5 Å². The molecule has 0 radical (unpaired) electrons. The van der Waals surface area contributed by atoms with Crippen LogP contribution in [0.15, 0.2) is 39.3 Å². The number of amides is 1. The minimum Gasteiger partial charge on any atom is -0.486 e. The maximum Gasteiger partial charge on any atom is 0.307 e. The van der Waals surface area contributed by atoms with Crippen LogP contribution in [0.3, 0.4) is 0 Å². The van der Waals surface area contributed by atoms with Crippen molar-refractivity contribution < 1.29 is 19.4 Å². The summed E-state index contributed by atoms with van der Waals surface area (Å²) in [6.45, 7) is 3.79. The first-order chi connectivity index (χ1) is 12.7. The number of anilines is 1. The summed E-state index contributed by atoms with van der Waals surface area (Å²) in [7, 11) is 0. The van der Waals surface area contributed by atoms with Crippen LogP contribution >= 0.6 is 43.5 Å². The van der Waals surface area contributed by atoms with Crippen molar-refractivity contribution in [3.05, 3.63) is 55.4 Å². The van der Waals surface area contributed by atoms with E-state index < -0.39 is 5.97 Å². The quantitative estimate of drug-likeness (QED) is 0.495. The summed E-state index contributed by atoms with van der Waals surface area (Å²) in [6.07, 6.45) is -0.0824. The number of halogens is 3. The van der Waals surface area contributed by atoms with Crippen molar-refractivity contribution in [2.75, 3.05) is 5.32 Å². The second-order valence-electron chi connectivity index (χ2n) is 6.17. The van der Waals surface area contributed by atoms with E-state index in [0.29, 0.717) is 36.5 Å². The van der Waals surface area contributed by atoms with Gasteiger partial charge < -0.3 is 15.2 Å². The summed E-state index contributed by atoms with van der Waals surface area (Å²) in [5.41, 5.74) is 1.89. The summed E-state index contributed by atoms with van der Waals surface area (Å²) in [5.74, 6) is -0.641. The Kier molecular flexibility index (Phi) is 7.70. The van der Waals surface area contributed by atoms with Crippen molar-refractivity contribution in [1.29, 1.82) is 0 Å². The van der Waals surface area contributed by atoms with Gasteiger partial charge in [0.1, 0.15) is 12.4 Å². The first kappa shape index (κ1) is 21.7. The Hall–Kier alpha value is -1.57. The van der Waals surface area contributed by atoms with Gasteiger partial charge in [-0.2, -0.15) is 0 Å². The van der Waals surface area contributed by atoms with E-state index in [4.69, 9.17) is 21.4 Å². The highest BCUT2D eigenvalue weighted by atomic mass is 79.9. The lowest BCUT2D eigenvalue weighted by Crippen LogP contribution is -2.18. The van der Waals surface area contributed by atoms with E-state index in [1.165, 1.54) is 0 Å². The van der Waals surface area contributed by atoms with Crippen LogP contribution in [0.1, 0.15) is 25.0 Å². The van der Waals surface area contributed by atoms with Crippen molar-refractivity contribution >= 4 is 61.0 Å². The van der Waals surface area contributed by atoms with Gasteiger partial charge in [0.25, 0.3) is 0 Å². The van der Waals surface area contributed by atoms with E-state index >= 15 is 0 Å². The van der Waals surface area contributed by atoms with E-state index in [9.17, 15) is 9.59 Å². The molecule has 0 aliphatic heterocycles. The number of ether oxygens (including phenoxy) is 1. The Morgan fingerprint density at radius 2 is 1.85 bits per heavy atom. The van der Waals surface area contributed by atoms with Crippen molar-refractivity contribution in [1.82, 2.24) is 0 Å². The third kappa shape index (κ3) is 5.96. The minimum atomic E-state index is -0.908. The Bertz CT molecular complexity index is 848. The van der Waals surface area contributed by atoms with Gasteiger partial charge in [-0.25, -0.2) is 0 Å². The maximum absolute atomic E-state index is 11.9. The molecule has 0 saturated heterocycles. The van der Waals surface area contributed by atoms with Crippen LogP contribution in [-0.2, 0) is 22.6 Å². The smallest absolute Gasteiger partial charge is 0.307 e. The Labute approximate surface area is 179 Å². The maximum atomic E-state index is 11.9. The summed E-state index contributed by atoms with van der Waals surface area (Å²) < 4.78 is 7.13. The Balaban J connectivity index is 2.17. The topological polar surface area (TPSA) is 75.6 Å². The Morgan fingerprint density at radius 3 is 2.41 bits per heavy atom. The number of carbonyl (C=O) groups excluding carboxylic acids is 1. The largest absolute Gasteiger partial charge is 0.486 e. The number of carbonyl (C=O) groups is 2. The van der Waals surface area contributed by atoms with E-state index in [1.807, 2.05) is 6.07 Å². The van der Waals surface area contributed by atoms with Crippen LogP contribution in [0.25, 0.3) is 0 Å². The zero-order chi connectivity index (χ0) is 20.1. The molecule has 27 heavy (non-hydrogen) atoms. The molecule has 2 rings (SSSR count). The van der Waals surface area contributed by atoms with Crippen molar-refractivity contribution in [2.24, 2.45) is 5.92 Å². The van der Waals surface area contributed by atoms with Crippen LogP contribution in [0.2, 0.25) is 5.02 Å². The highest BCUT2D eigenvalue weighted by molar-refractivity contribution is 9.11. The van der Waals surface area contributed by atoms with E-state index in [0.717, 1.165) is 0 Å². The molecule has 0 bridgehead atoms. The molecule has 0 atom stereocenters. The standard InChI is InChI=1S/C19H18Br2ClNO4/c1-10(2)19(26)23-15-5-3-4-12(17(15)22)9-27-18-13(20)6-11(7-14(18)21)8-16(24)25/h3-7,10H,8-9H2,1-2H3,(H,23,26)(H,24,25). The predicted octanol–water partition coefficient (Wildman–Crippen LogP) is 5.67. The average molecular weight is 520 g/mol. The molecule has 0 unspecified atom stereocenters. The fourth-order valence-corrected chi connectivity index (χ4v) is 3.98. The SMILES string of the molecule is CC(C)C(=O)Nc1cccc(COc2c(Br)cc(CC(=O)O)cc2Br)c1Cl. The zero-order valence-electron chi connectivity index (χ0n) is 14.7. The molecule has 0 aliphatic rings. The second-order valence-corrected chi connectivity index (χ2v) is 8.26. The summed E-state index contributed by atoms with van der Waals surface area (Å²) in [4.78, 5) is 22.8. The molecule has 8 heteroatoms. The molecule has 2 aromatic rings. The third-order valence-corrected chi connectivity index (χ3v) is 5.27. The number of nitrogens with one attached hydrogen (secondary N) is 1. The number of hydrogen-bond acceptors (Lipinski definition) is 3. The third-order valence-electron chi connectivity index (χ3n) is 3.65. The summed E-state index contributed by atoms with van der Waals surface area (Å²) in [5, 5.41) is 12.1. The second kappa shape index (κ2) is 9.57. The lowest BCUT2D eigenvalue weighted by Gasteiger charge is -2.15. The fraction of sp³-hybridized carbons (Fsp3) is 0.263. The number of hydrogen-bond donors (Lipinski definition) is 2. The number of carboxylic acid groups (broad SMARTS) is 1. The molecule has 144 valence electrons. The van der Waals surface area contributed by atoms with Gasteiger partial charge >= 0.3 is 5.97 Å². The number of benzene rings is 2. The molecule has 0 aromatic heterocycles. The monoisotopic (exact) mass is 517 g/mol. The van der Waals surface area contributed by atoms with Gasteiger partial charge in [0.2, 0.25) is 5.91 Å². The molecule has 0 fully saturated rings. The van der Waals surface area contributed by atoms with Gasteiger partial charge in [-0.05, 0) is 55.6 Å². The van der Waals surface area contributed by atoms with E-state index in [2.05, 4.69) is 37.2 Å². The van der Waals surface area contributed by atoms with Crippen LogP contribution in [0.5, 0.6) is 5.75 Å². The molecule has 5 nitrogen and oxygen atoms in total. The van der Waals surface area contributed by atoms with Crippen LogP contribution in [0, 0.1) is 5.92 Å². The lowest BCUT2D eigenvalue weighted by atomic mass is 10.1. The van der Waals surface area contributed by atoms with Crippen molar-refractivity contribution in [3.63, 3.8) is 0 Å². The van der Waals surface area contributed by atoms with Crippen molar-refractivity contribution in [2.45, 2.75) is 26.9 Å². The molecule has 0 spiro atoms. The molecule has 0 aliphatic carbocycles. The predicted molar refractivity (Wildman–Crippen MR) is 112 cm³/mol. The van der Waals surface area contributed by atoms with Crippen LogP contribution in [-0.4, -0.2) is 17.0 Å². The van der Waals surface area contributed by atoms with Gasteiger partial charge in [-0.1, -0.05) is 37.6 Å². The molecule has 0 saturated carbocycles. The Morgan fingerprint density at radius 1 is 1.22 bits per heavy atom. The number of aliphatic carboxylic acids is 1. The van der Waals surface area contributed by atoms with Crippen LogP contribution < -0.4 is 10.1 Å². The van der Waals surface area contributed by atoms with Crippen molar-refractivity contribution in [3.8, 4) is 5.75 Å². The molecular formula is C19H18Br2ClNO4. The van der Waals surface area contributed by atoms with E-state index in [1.54, 1.807) is 38.1 Å². The molecule has 2 N–H and O–H groups in total. The fourth-order valence-electron chi connectivity index (χ4n) is 2.24. The minimum absolute atomic E-state index is 0.0824. The highest BCUT2D eigenvalue weighted by Gasteiger charge is 2.14. The highest BCUT2D eigenvalue weighted by Crippen LogP contribution is 2.36. The summed E-state index contributed by atoms with van der Waals surface area (Å²) in [6, 6.07) is 8.75. The van der Waals surface area contributed by atoms with E-state index in [-0.39, 0.29) is 24.9 Å². The van der Waals surface area contributed by atoms with Gasteiger partial charge in [0.05, 0.1) is 26.1 Å². The van der Waals surface area contributed by atoms with Gasteiger partial charge in [-0.15, -0.1) is 0 Å². The number of carboxylic acids is 1. The lowest BCUT2D eigenvalue weighted by molar-refractivity contribution is -0.136. The van der Waals surface area contributed by atoms with Crippen LogP contribution in [0.4, 0.5) is 5.69 Å². The first-order valence-corrected chi connectivity index (χ1v) is 10.1. The number of rotatable bonds is 7.